The van der Waals surface area contributed by atoms with Crippen LogP contribution in [0.15, 0.2) is 35.7 Å². The van der Waals surface area contributed by atoms with Gasteiger partial charge in [-0.1, -0.05) is 12.1 Å². The van der Waals surface area contributed by atoms with Crippen molar-refractivity contribution in [1.29, 1.82) is 0 Å². The Morgan fingerprint density at radius 1 is 1.10 bits per heavy atom. The lowest BCUT2D eigenvalue weighted by molar-refractivity contribution is 0.0699. The van der Waals surface area contributed by atoms with Gasteiger partial charge >= 0.3 is 5.97 Å². The van der Waals surface area contributed by atoms with Gasteiger partial charge in [0.05, 0.1) is 12.7 Å². The summed E-state index contributed by atoms with van der Waals surface area (Å²) in [5, 5.41) is 12.8. The molecule has 0 bridgehead atoms. The highest BCUT2D eigenvalue weighted by Gasteiger charge is 2.26. The predicted octanol–water partition coefficient (Wildman–Crippen LogP) is 4.93. The molecule has 1 aromatic heterocycles. The van der Waals surface area contributed by atoms with E-state index in [0.29, 0.717) is 6.07 Å². The molecule has 3 aromatic rings. The van der Waals surface area contributed by atoms with E-state index in [1.54, 1.807) is 0 Å². The number of hydrogen-bond donors (Lipinski definition) is 2. The number of halogens is 4. The summed E-state index contributed by atoms with van der Waals surface area (Å²) in [6.07, 6.45) is 0. The van der Waals surface area contributed by atoms with Crippen LogP contribution in [0.4, 0.5) is 22.6 Å². The highest BCUT2D eigenvalue weighted by atomic mass is 32.1. The molecule has 3 rings (SSSR count). The maximum absolute atomic E-state index is 14.1. The van der Waals surface area contributed by atoms with Crippen LogP contribution in [0.3, 0.4) is 0 Å². The molecule has 0 radical (unpaired) electrons. The van der Waals surface area contributed by atoms with Crippen LogP contribution in [0.25, 0.3) is 11.1 Å². The van der Waals surface area contributed by atoms with Crippen molar-refractivity contribution in [2.75, 3.05) is 12.4 Å². The number of benzene rings is 2. The SMILES string of the molecule is COc1c(F)cc(C(=O)Nc2scc(-c3cccc(F)c3)c2C(=O)O)c(F)c1F. The van der Waals surface area contributed by atoms with Crippen LogP contribution in [-0.2, 0) is 0 Å². The molecule has 5 nitrogen and oxygen atoms in total. The number of anilines is 1. The Balaban J connectivity index is 2.01. The average molecular weight is 425 g/mol. The Labute approximate surface area is 165 Å². The van der Waals surface area contributed by atoms with Crippen LogP contribution in [0, 0.1) is 23.3 Å². The van der Waals surface area contributed by atoms with Crippen LogP contribution < -0.4 is 10.1 Å². The highest BCUT2D eigenvalue weighted by molar-refractivity contribution is 7.15. The first kappa shape index (κ1) is 20.3. The normalized spacial score (nSPS) is 10.7. The predicted molar refractivity (Wildman–Crippen MR) is 97.5 cm³/mol. The number of methoxy groups -OCH3 is 1. The number of rotatable bonds is 5. The third-order valence-corrected chi connectivity index (χ3v) is 4.83. The molecule has 0 saturated heterocycles. The van der Waals surface area contributed by atoms with Crippen molar-refractivity contribution in [1.82, 2.24) is 0 Å². The van der Waals surface area contributed by atoms with E-state index < -0.39 is 46.5 Å². The van der Waals surface area contributed by atoms with Gasteiger partial charge in [0, 0.05) is 10.9 Å². The molecule has 0 aliphatic heterocycles. The van der Waals surface area contributed by atoms with E-state index in [1.807, 2.05) is 0 Å². The van der Waals surface area contributed by atoms with Gasteiger partial charge in [0.1, 0.15) is 16.4 Å². The Morgan fingerprint density at radius 2 is 1.83 bits per heavy atom. The molecule has 0 spiro atoms. The first-order valence-corrected chi connectivity index (χ1v) is 8.76. The van der Waals surface area contributed by atoms with Gasteiger partial charge in [0.2, 0.25) is 5.82 Å². The summed E-state index contributed by atoms with van der Waals surface area (Å²) in [6.45, 7) is 0. The summed E-state index contributed by atoms with van der Waals surface area (Å²) in [5.74, 6) is -8.94. The van der Waals surface area contributed by atoms with Crippen molar-refractivity contribution in [3.63, 3.8) is 0 Å². The average Bonchev–Trinajstić information content (AvgIpc) is 3.09. The molecular formula is C19H11F4NO4S. The summed E-state index contributed by atoms with van der Waals surface area (Å²) in [6, 6.07) is 5.57. The minimum absolute atomic E-state index is 0.116. The van der Waals surface area contributed by atoms with E-state index in [4.69, 9.17) is 0 Å². The lowest BCUT2D eigenvalue weighted by atomic mass is 10.0. The van der Waals surface area contributed by atoms with Crippen molar-refractivity contribution in [3.05, 3.63) is 70.1 Å². The van der Waals surface area contributed by atoms with Crippen molar-refractivity contribution in [3.8, 4) is 16.9 Å². The second kappa shape index (κ2) is 7.92. The molecule has 1 heterocycles. The van der Waals surface area contributed by atoms with Crippen LogP contribution in [0.1, 0.15) is 20.7 Å². The van der Waals surface area contributed by atoms with Crippen molar-refractivity contribution < 1.29 is 37.0 Å². The minimum Gasteiger partial charge on any atom is -0.491 e. The largest absolute Gasteiger partial charge is 0.491 e. The summed E-state index contributed by atoms with van der Waals surface area (Å²) < 4.78 is 59.7. The van der Waals surface area contributed by atoms with Gasteiger partial charge in [0.25, 0.3) is 5.91 Å². The van der Waals surface area contributed by atoms with E-state index in [2.05, 4.69) is 10.1 Å². The molecule has 10 heteroatoms. The number of aromatic carboxylic acids is 1. The topological polar surface area (TPSA) is 75.6 Å². The summed E-state index contributed by atoms with van der Waals surface area (Å²) in [7, 11) is 0.930. The Hall–Kier alpha value is -3.40. The van der Waals surface area contributed by atoms with Crippen molar-refractivity contribution >= 4 is 28.2 Å². The lowest BCUT2D eigenvalue weighted by Gasteiger charge is -2.10. The third-order valence-electron chi connectivity index (χ3n) is 3.93. The fourth-order valence-electron chi connectivity index (χ4n) is 2.63. The van der Waals surface area contributed by atoms with Gasteiger partial charge in [-0.25, -0.2) is 18.0 Å². The Morgan fingerprint density at radius 3 is 2.45 bits per heavy atom. The molecule has 0 unspecified atom stereocenters. The number of hydrogen-bond acceptors (Lipinski definition) is 4. The van der Waals surface area contributed by atoms with Crippen LogP contribution in [0.5, 0.6) is 5.75 Å². The number of carbonyl (C=O) groups is 2. The fraction of sp³-hybridized carbons (Fsp3) is 0.0526. The van der Waals surface area contributed by atoms with E-state index in [0.717, 1.165) is 24.5 Å². The molecule has 0 fully saturated rings. The molecule has 29 heavy (non-hydrogen) atoms. The van der Waals surface area contributed by atoms with E-state index in [-0.39, 0.29) is 21.7 Å². The molecule has 2 aromatic carbocycles. The molecule has 0 aliphatic rings. The zero-order chi connectivity index (χ0) is 21.3. The molecular weight excluding hydrogens is 414 g/mol. The molecule has 0 saturated carbocycles. The number of carbonyl (C=O) groups excluding carboxylic acids is 1. The highest BCUT2D eigenvalue weighted by Crippen LogP contribution is 2.36. The molecule has 150 valence electrons. The van der Waals surface area contributed by atoms with Gasteiger partial charge in [-0.3, -0.25) is 4.79 Å². The van der Waals surface area contributed by atoms with E-state index in [9.17, 15) is 32.3 Å². The number of carboxylic acid groups (broad SMARTS) is 1. The molecule has 1 amide bonds. The van der Waals surface area contributed by atoms with E-state index >= 15 is 0 Å². The maximum Gasteiger partial charge on any atom is 0.339 e. The molecule has 2 N–H and O–H groups in total. The summed E-state index contributed by atoms with van der Waals surface area (Å²) in [5.41, 5.74) is -0.988. The summed E-state index contributed by atoms with van der Waals surface area (Å²) in [4.78, 5) is 24.0. The summed E-state index contributed by atoms with van der Waals surface area (Å²) >= 11 is 0.780. The number of nitrogens with one attached hydrogen (secondary N) is 1. The molecule has 0 atom stereocenters. The smallest absolute Gasteiger partial charge is 0.339 e. The second-order valence-electron chi connectivity index (χ2n) is 5.69. The molecule has 0 aliphatic carbocycles. The number of carboxylic acids is 1. The number of amides is 1. The lowest BCUT2D eigenvalue weighted by Crippen LogP contribution is -2.17. The van der Waals surface area contributed by atoms with Crippen LogP contribution >= 0.6 is 11.3 Å². The second-order valence-corrected chi connectivity index (χ2v) is 6.57. The quantitative estimate of drug-likeness (QED) is 0.449. The van der Waals surface area contributed by atoms with E-state index in [1.165, 1.54) is 23.6 Å². The van der Waals surface area contributed by atoms with Gasteiger partial charge in [-0.15, -0.1) is 11.3 Å². The fourth-order valence-corrected chi connectivity index (χ4v) is 3.59. The first-order valence-electron chi connectivity index (χ1n) is 7.88. The monoisotopic (exact) mass is 425 g/mol. The zero-order valence-electron chi connectivity index (χ0n) is 14.6. The standard InChI is InChI=1S/C19H11F4NO4S/c1-28-16-12(21)6-10(14(22)15(16)23)17(25)24-18-13(19(26)27)11(7-29-18)8-3-2-4-9(20)5-8/h2-7H,1H3,(H,24,25)(H,26,27). The third kappa shape index (κ3) is 3.79. The van der Waals surface area contributed by atoms with Gasteiger partial charge in [-0.05, 0) is 23.8 Å². The van der Waals surface area contributed by atoms with Crippen molar-refractivity contribution in [2.45, 2.75) is 0 Å². The van der Waals surface area contributed by atoms with Gasteiger partial charge < -0.3 is 15.2 Å². The van der Waals surface area contributed by atoms with Gasteiger partial charge in [-0.2, -0.15) is 4.39 Å². The van der Waals surface area contributed by atoms with Crippen LogP contribution in [0.2, 0.25) is 0 Å². The number of ether oxygens (including phenoxy) is 1. The minimum atomic E-state index is -1.69. The van der Waals surface area contributed by atoms with Gasteiger partial charge in [0.15, 0.2) is 17.4 Å². The maximum atomic E-state index is 14.1. The first-order chi connectivity index (χ1) is 13.7. The van der Waals surface area contributed by atoms with Crippen molar-refractivity contribution in [2.24, 2.45) is 0 Å². The Kier molecular flexibility index (Phi) is 5.55. The zero-order valence-corrected chi connectivity index (χ0v) is 15.4. The van der Waals surface area contributed by atoms with Crippen LogP contribution in [-0.4, -0.2) is 24.1 Å². The number of thiophene rings is 1. The Bertz CT molecular complexity index is 1130.